The molecule has 1 aromatic rings. The second-order valence-corrected chi connectivity index (χ2v) is 5.52. The molecule has 0 radical (unpaired) electrons. The number of anilines is 1. The summed E-state index contributed by atoms with van der Waals surface area (Å²) in [7, 11) is 0. The van der Waals surface area contributed by atoms with Gasteiger partial charge < -0.3 is 20.7 Å². The van der Waals surface area contributed by atoms with Crippen LogP contribution in [0.5, 0.6) is 0 Å². The third-order valence-corrected chi connectivity index (χ3v) is 4.13. The summed E-state index contributed by atoms with van der Waals surface area (Å²) in [6.07, 6.45) is 2.00. The van der Waals surface area contributed by atoms with E-state index in [9.17, 15) is 10.1 Å². The van der Waals surface area contributed by atoms with Crippen molar-refractivity contribution in [3.8, 4) is 0 Å². The van der Waals surface area contributed by atoms with Crippen LogP contribution in [0.25, 0.3) is 0 Å². The number of hydrogen-bond acceptors (Lipinski definition) is 5. The summed E-state index contributed by atoms with van der Waals surface area (Å²) in [5.41, 5.74) is 5.88. The van der Waals surface area contributed by atoms with E-state index in [1.807, 2.05) is 18.4 Å². The molecule has 1 saturated heterocycles. The molecule has 2 rings (SSSR count). The molecule has 0 aliphatic carbocycles. The normalized spacial score (nSPS) is 23.1. The topological polar surface area (TPSA) is 90.2 Å². The van der Waals surface area contributed by atoms with Gasteiger partial charge in [-0.2, -0.15) is 0 Å². The molecule has 0 aromatic carbocycles. The highest BCUT2D eigenvalue weighted by Crippen LogP contribution is 2.34. The zero-order valence-electron chi connectivity index (χ0n) is 12.4. The fourth-order valence-electron chi connectivity index (χ4n) is 3.08. The van der Waals surface area contributed by atoms with Gasteiger partial charge in [0.25, 0.3) is 0 Å². The van der Waals surface area contributed by atoms with Gasteiger partial charge in [0.2, 0.25) is 11.6 Å². The molecule has 0 saturated carbocycles. The van der Waals surface area contributed by atoms with E-state index < -0.39 is 0 Å². The number of aryl methyl sites for hydroxylation is 1. The molecule has 1 aliphatic rings. The number of hydrogen-bond donors (Lipinski definition) is 1. The zero-order valence-corrected chi connectivity index (χ0v) is 12.4. The molecule has 7 nitrogen and oxygen atoms in total. The number of nitrogens with zero attached hydrogens (tertiary/aromatic N) is 4. The molecule has 2 atom stereocenters. The van der Waals surface area contributed by atoms with Gasteiger partial charge in [-0.1, -0.05) is 6.92 Å². The molecule has 1 aliphatic heterocycles. The van der Waals surface area contributed by atoms with Crippen molar-refractivity contribution in [1.29, 1.82) is 0 Å². The first-order chi connectivity index (χ1) is 9.49. The van der Waals surface area contributed by atoms with Gasteiger partial charge in [-0.3, -0.25) is 4.57 Å². The molecular weight excluding hydrogens is 258 g/mol. The summed E-state index contributed by atoms with van der Waals surface area (Å²) in [6, 6.07) is 0.152. The van der Waals surface area contributed by atoms with Gasteiger partial charge in [0, 0.05) is 32.6 Å². The standard InChI is InChI=1S/C13H23N5O2/c1-4-16-10(3)15-12(18(19)20)13(16)17-6-5-9(2)7-11(17)8-14/h9,11H,4-8,14H2,1-3H3. The van der Waals surface area contributed by atoms with E-state index >= 15 is 0 Å². The first-order valence-corrected chi connectivity index (χ1v) is 7.17. The highest BCUT2D eigenvalue weighted by molar-refractivity contribution is 5.57. The van der Waals surface area contributed by atoms with E-state index in [2.05, 4.69) is 16.8 Å². The Hall–Kier alpha value is -1.63. The maximum atomic E-state index is 11.3. The summed E-state index contributed by atoms with van der Waals surface area (Å²) in [4.78, 5) is 17.1. The molecule has 7 heteroatoms. The summed E-state index contributed by atoms with van der Waals surface area (Å²) >= 11 is 0. The van der Waals surface area contributed by atoms with Crippen LogP contribution >= 0.6 is 0 Å². The van der Waals surface area contributed by atoms with Gasteiger partial charge >= 0.3 is 5.82 Å². The first-order valence-electron chi connectivity index (χ1n) is 7.17. The summed E-state index contributed by atoms with van der Waals surface area (Å²) in [6.45, 7) is 7.97. The number of nitro groups is 1. The minimum Gasteiger partial charge on any atom is -0.358 e. The van der Waals surface area contributed by atoms with Crippen molar-refractivity contribution in [3.05, 3.63) is 15.9 Å². The quantitative estimate of drug-likeness (QED) is 0.670. The Morgan fingerprint density at radius 2 is 2.25 bits per heavy atom. The van der Waals surface area contributed by atoms with Crippen molar-refractivity contribution in [2.24, 2.45) is 11.7 Å². The summed E-state index contributed by atoms with van der Waals surface area (Å²) in [5.74, 6) is 1.87. The number of aromatic nitrogens is 2. The first kappa shape index (κ1) is 14.8. The average molecular weight is 281 g/mol. The largest absolute Gasteiger partial charge is 0.406 e. The van der Waals surface area contributed by atoms with E-state index in [0.717, 1.165) is 19.4 Å². The van der Waals surface area contributed by atoms with Gasteiger partial charge in [0.05, 0.1) is 0 Å². The van der Waals surface area contributed by atoms with Crippen molar-refractivity contribution >= 4 is 11.6 Å². The molecule has 0 amide bonds. The summed E-state index contributed by atoms with van der Waals surface area (Å²) in [5, 5.41) is 11.3. The monoisotopic (exact) mass is 281 g/mol. The van der Waals surface area contributed by atoms with Crippen molar-refractivity contribution in [3.63, 3.8) is 0 Å². The van der Waals surface area contributed by atoms with Gasteiger partial charge in [0.15, 0.2) is 0 Å². The number of nitrogens with two attached hydrogens (primary N) is 1. The van der Waals surface area contributed by atoms with Crippen LogP contribution in [-0.4, -0.2) is 33.6 Å². The molecule has 2 heterocycles. The van der Waals surface area contributed by atoms with Crippen LogP contribution in [0.4, 0.5) is 11.6 Å². The zero-order chi connectivity index (χ0) is 14.9. The molecule has 112 valence electrons. The maximum absolute atomic E-state index is 11.3. The van der Waals surface area contributed by atoms with Gasteiger partial charge in [0.1, 0.15) is 0 Å². The van der Waals surface area contributed by atoms with E-state index in [4.69, 9.17) is 5.73 Å². The van der Waals surface area contributed by atoms with E-state index in [-0.39, 0.29) is 16.8 Å². The Morgan fingerprint density at radius 3 is 2.80 bits per heavy atom. The second kappa shape index (κ2) is 5.78. The van der Waals surface area contributed by atoms with Crippen LogP contribution in [0.15, 0.2) is 0 Å². The lowest BCUT2D eigenvalue weighted by atomic mass is 9.92. The van der Waals surface area contributed by atoms with Crippen molar-refractivity contribution in [2.75, 3.05) is 18.0 Å². The van der Waals surface area contributed by atoms with Crippen LogP contribution in [0, 0.1) is 23.0 Å². The average Bonchev–Trinajstić information content (AvgIpc) is 2.75. The van der Waals surface area contributed by atoms with E-state index in [0.29, 0.717) is 30.6 Å². The second-order valence-electron chi connectivity index (χ2n) is 5.52. The SMILES string of the molecule is CCn1c(C)nc([N+](=O)[O-])c1N1CCC(C)CC1CN. The number of rotatable bonds is 4. The lowest BCUT2D eigenvalue weighted by molar-refractivity contribution is -0.388. The number of imidazole rings is 1. The van der Waals surface area contributed by atoms with Crippen LogP contribution in [-0.2, 0) is 6.54 Å². The molecule has 2 N–H and O–H groups in total. The lowest BCUT2D eigenvalue weighted by Crippen LogP contribution is -2.47. The number of piperidine rings is 1. The maximum Gasteiger partial charge on any atom is 0.406 e. The highest BCUT2D eigenvalue weighted by atomic mass is 16.6. The highest BCUT2D eigenvalue weighted by Gasteiger charge is 2.35. The van der Waals surface area contributed by atoms with Crippen molar-refractivity contribution in [2.45, 2.75) is 46.2 Å². The van der Waals surface area contributed by atoms with E-state index in [1.165, 1.54) is 0 Å². The molecule has 0 bridgehead atoms. The molecule has 2 unspecified atom stereocenters. The lowest BCUT2D eigenvalue weighted by Gasteiger charge is -2.38. The predicted molar refractivity (Wildman–Crippen MR) is 77.9 cm³/mol. The van der Waals surface area contributed by atoms with Gasteiger partial charge in [-0.25, -0.2) is 0 Å². The fourth-order valence-corrected chi connectivity index (χ4v) is 3.08. The third-order valence-electron chi connectivity index (χ3n) is 4.13. The summed E-state index contributed by atoms with van der Waals surface area (Å²) < 4.78 is 1.91. The van der Waals surface area contributed by atoms with Crippen LogP contribution in [0.1, 0.15) is 32.5 Å². The van der Waals surface area contributed by atoms with Crippen LogP contribution < -0.4 is 10.6 Å². The van der Waals surface area contributed by atoms with Crippen molar-refractivity contribution in [1.82, 2.24) is 9.55 Å². The van der Waals surface area contributed by atoms with Crippen LogP contribution in [0.3, 0.4) is 0 Å². The molecule has 20 heavy (non-hydrogen) atoms. The minimum absolute atomic E-state index is 0.0441. The Balaban J connectivity index is 2.46. The predicted octanol–water partition coefficient (Wildman–Crippen LogP) is 1.68. The molecule has 0 spiro atoms. The van der Waals surface area contributed by atoms with E-state index in [1.54, 1.807) is 0 Å². The van der Waals surface area contributed by atoms with Crippen molar-refractivity contribution < 1.29 is 4.92 Å². The Kier molecular flexibility index (Phi) is 4.27. The third kappa shape index (κ3) is 2.49. The molecule has 1 aromatic heterocycles. The molecule has 1 fully saturated rings. The Morgan fingerprint density at radius 1 is 1.55 bits per heavy atom. The fraction of sp³-hybridized carbons (Fsp3) is 0.769. The Labute approximate surface area is 118 Å². The van der Waals surface area contributed by atoms with Gasteiger partial charge in [-0.05, 0) is 35.6 Å². The Bertz CT molecular complexity index is 499. The van der Waals surface area contributed by atoms with Crippen LogP contribution in [0.2, 0.25) is 0 Å². The molecular formula is C13H23N5O2. The smallest absolute Gasteiger partial charge is 0.358 e. The minimum atomic E-state index is -0.389. The van der Waals surface area contributed by atoms with Gasteiger partial charge in [-0.15, -0.1) is 0 Å².